The Labute approximate surface area is 64.8 Å². The summed E-state index contributed by atoms with van der Waals surface area (Å²) in [6.07, 6.45) is 0.876. The highest BCUT2D eigenvalue weighted by molar-refractivity contribution is 4.88. The van der Waals surface area contributed by atoms with Gasteiger partial charge < -0.3 is 4.74 Å². The highest BCUT2D eigenvalue weighted by Gasteiger charge is 2.38. The molecule has 0 aromatic carbocycles. The van der Waals surface area contributed by atoms with Crippen molar-refractivity contribution in [2.45, 2.75) is 31.9 Å². The third-order valence-electron chi connectivity index (χ3n) is 1.88. The van der Waals surface area contributed by atoms with E-state index in [2.05, 4.69) is 5.43 Å². The number of nitro groups is 1. The van der Waals surface area contributed by atoms with Gasteiger partial charge in [-0.05, 0) is 20.3 Å². The maximum Gasteiger partial charge on any atom is 0.158 e. The van der Waals surface area contributed by atoms with Gasteiger partial charge >= 0.3 is 0 Å². The van der Waals surface area contributed by atoms with Crippen LogP contribution in [0.3, 0.4) is 0 Å². The predicted octanol–water partition coefficient (Wildman–Crippen LogP) is 0.335. The summed E-state index contributed by atoms with van der Waals surface area (Å²) in [5.74, 6) is 0. The van der Waals surface area contributed by atoms with Crippen molar-refractivity contribution >= 4 is 0 Å². The predicted molar refractivity (Wildman–Crippen MR) is 38.6 cm³/mol. The Bertz CT molecular complexity index is 165. The van der Waals surface area contributed by atoms with Crippen molar-refractivity contribution in [3.05, 3.63) is 10.1 Å². The Morgan fingerprint density at radius 2 is 2.27 bits per heavy atom. The molecule has 11 heavy (non-hydrogen) atoms. The number of hydrazine groups is 1. The fourth-order valence-electron chi connectivity index (χ4n) is 1.11. The van der Waals surface area contributed by atoms with Crippen LogP contribution in [0.4, 0.5) is 0 Å². The largest absolute Gasteiger partial charge is 0.375 e. The van der Waals surface area contributed by atoms with Crippen LogP contribution in [-0.2, 0) is 4.74 Å². The third kappa shape index (κ3) is 1.80. The average molecular weight is 160 g/mol. The molecule has 0 aliphatic carbocycles. The fourth-order valence-corrected chi connectivity index (χ4v) is 1.11. The highest BCUT2D eigenvalue weighted by atomic mass is 16.7. The zero-order chi connectivity index (χ0) is 8.48. The van der Waals surface area contributed by atoms with Crippen LogP contribution in [0.15, 0.2) is 0 Å². The molecule has 0 aromatic heterocycles. The van der Waals surface area contributed by atoms with E-state index in [0.717, 1.165) is 6.42 Å². The lowest BCUT2D eigenvalue weighted by atomic mass is 9.93. The summed E-state index contributed by atoms with van der Waals surface area (Å²) in [4.78, 5) is 10.1. The summed E-state index contributed by atoms with van der Waals surface area (Å²) in [5, 5.41) is 9.57. The van der Waals surface area contributed by atoms with Crippen LogP contribution in [0.1, 0.15) is 20.3 Å². The molecule has 1 rings (SSSR count). The second kappa shape index (κ2) is 2.65. The monoisotopic (exact) mass is 160 g/mol. The van der Waals surface area contributed by atoms with Gasteiger partial charge in [0.1, 0.15) is 5.54 Å². The number of rotatable bonds is 3. The summed E-state index contributed by atoms with van der Waals surface area (Å²) in [6.45, 7) is 4.24. The fraction of sp³-hybridized carbons (Fsp3) is 1.00. The van der Waals surface area contributed by atoms with E-state index < -0.39 is 10.6 Å². The van der Waals surface area contributed by atoms with Crippen LogP contribution in [0.5, 0.6) is 0 Å². The Morgan fingerprint density at radius 3 is 2.55 bits per heavy atom. The van der Waals surface area contributed by atoms with E-state index in [9.17, 15) is 10.1 Å². The molecule has 1 heterocycles. The van der Waals surface area contributed by atoms with Crippen LogP contribution < -0.4 is 5.43 Å². The Kier molecular flexibility index (Phi) is 1.99. The Morgan fingerprint density at radius 1 is 1.73 bits per heavy atom. The molecule has 1 atom stereocenters. The zero-order valence-electron chi connectivity index (χ0n) is 6.66. The summed E-state index contributed by atoms with van der Waals surface area (Å²) in [6, 6.07) is 0. The van der Waals surface area contributed by atoms with Gasteiger partial charge in [-0.3, -0.25) is 0 Å². The number of hydrogen-bond donors (Lipinski definition) is 1. The number of ether oxygens (including phenoxy) is 1. The van der Waals surface area contributed by atoms with Crippen molar-refractivity contribution < 1.29 is 9.77 Å². The van der Waals surface area contributed by atoms with Crippen LogP contribution >= 0.6 is 0 Å². The van der Waals surface area contributed by atoms with Gasteiger partial charge in [-0.15, -0.1) is 5.43 Å². The first-order valence-corrected chi connectivity index (χ1v) is 3.56. The van der Waals surface area contributed by atoms with Gasteiger partial charge in [-0.1, -0.05) is 0 Å². The van der Waals surface area contributed by atoms with Crippen LogP contribution in [0.25, 0.3) is 0 Å². The molecule has 1 fully saturated rings. The van der Waals surface area contributed by atoms with E-state index in [1.807, 2.05) is 0 Å². The molecule has 0 bridgehead atoms. The van der Waals surface area contributed by atoms with Gasteiger partial charge in [0.05, 0.1) is 6.10 Å². The standard InChI is InChI=1S/C6H12N2O3/c1-6(2,7-8(9)10)5-3-4-11-5/h5,7H,3-4H2,1-2H3. The molecule has 0 saturated carbocycles. The van der Waals surface area contributed by atoms with E-state index in [1.54, 1.807) is 13.8 Å². The first kappa shape index (κ1) is 8.26. The van der Waals surface area contributed by atoms with Gasteiger partial charge in [0.2, 0.25) is 0 Å². The molecule has 1 N–H and O–H groups in total. The van der Waals surface area contributed by atoms with Gasteiger partial charge in [-0.25, -0.2) is 10.1 Å². The molecule has 1 saturated heterocycles. The van der Waals surface area contributed by atoms with Gasteiger partial charge in [0, 0.05) is 6.61 Å². The third-order valence-corrected chi connectivity index (χ3v) is 1.88. The minimum atomic E-state index is -0.554. The van der Waals surface area contributed by atoms with Crippen molar-refractivity contribution in [2.75, 3.05) is 6.61 Å². The minimum Gasteiger partial charge on any atom is -0.375 e. The topological polar surface area (TPSA) is 64.4 Å². The molecule has 1 unspecified atom stereocenters. The number of hydrogen-bond acceptors (Lipinski definition) is 3. The molecule has 5 heteroatoms. The SMILES string of the molecule is CC(C)(N[N+](=O)[O-])C1CCO1. The summed E-state index contributed by atoms with van der Waals surface area (Å²) in [7, 11) is 0. The first-order chi connectivity index (χ1) is 5.02. The van der Waals surface area contributed by atoms with E-state index >= 15 is 0 Å². The quantitative estimate of drug-likeness (QED) is 0.477. The van der Waals surface area contributed by atoms with Gasteiger partial charge in [-0.2, -0.15) is 0 Å². The molecule has 64 valence electrons. The molecule has 0 amide bonds. The molecule has 0 spiro atoms. The van der Waals surface area contributed by atoms with E-state index in [1.165, 1.54) is 0 Å². The van der Waals surface area contributed by atoms with E-state index in [0.29, 0.717) is 6.61 Å². The van der Waals surface area contributed by atoms with Crippen molar-refractivity contribution in [3.63, 3.8) is 0 Å². The summed E-state index contributed by atoms with van der Waals surface area (Å²) < 4.78 is 5.13. The van der Waals surface area contributed by atoms with Crippen molar-refractivity contribution in [1.29, 1.82) is 0 Å². The molecular formula is C6H12N2O3. The maximum absolute atomic E-state index is 10.1. The Balaban J connectivity index is 2.43. The van der Waals surface area contributed by atoms with Crippen LogP contribution in [0, 0.1) is 10.1 Å². The highest BCUT2D eigenvalue weighted by Crippen LogP contribution is 2.23. The summed E-state index contributed by atoms with van der Waals surface area (Å²) in [5.41, 5.74) is 1.66. The first-order valence-electron chi connectivity index (χ1n) is 3.56. The average Bonchev–Trinajstić information content (AvgIpc) is 1.50. The van der Waals surface area contributed by atoms with Gasteiger partial charge in [0.15, 0.2) is 5.03 Å². The number of nitrogens with zero attached hydrogens (tertiary/aromatic N) is 1. The molecular weight excluding hydrogens is 148 g/mol. The number of nitrogens with one attached hydrogen (secondary N) is 1. The lowest BCUT2D eigenvalue weighted by Gasteiger charge is -2.37. The van der Waals surface area contributed by atoms with Crippen molar-refractivity contribution in [2.24, 2.45) is 0 Å². The molecule has 1 aliphatic rings. The second-order valence-electron chi connectivity index (χ2n) is 3.24. The minimum absolute atomic E-state index is 0.0205. The maximum atomic E-state index is 10.1. The van der Waals surface area contributed by atoms with E-state index in [4.69, 9.17) is 4.74 Å². The summed E-state index contributed by atoms with van der Waals surface area (Å²) >= 11 is 0. The molecule has 0 radical (unpaired) electrons. The van der Waals surface area contributed by atoms with Crippen molar-refractivity contribution in [1.82, 2.24) is 5.43 Å². The van der Waals surface area contributed by atoms with Crippen molar-refractivity contribution in [3.8, 4) is 0 Å². The molecule has 5 nitrogen and oxygen atoms in total. The van der Waals surface area contributed by atoms with E-state index in [-0.39, 0.29) is 6.10 Å². The van der Waals surface area contributed by atoms with Crippen LogP contribution in [0.2, 0.25) is 0 Å². The second-order valence-corrected chi connectivity index (χ2v) is 3.24. The normalized spacial score (nSPS) is 24.0. The smallest absolute Gasteiger partial charge is 0.158 e. The lowest BCUT2D eigenvalue weighted by molar-refractivity contribution is -0.562. The van der Waals surface area contributed by atoms with Crippen LogP contribution in [-0.4, -0.2) is 23.3 Å². The van der Waals surface area contributed by atoms with Gasteiger partial charge in [0.25, 0.3) is 0 Å². The molecule has 1 aliphatic heterocycles. The molecule has 0 aromatic rings. The lowest BCUT2D eigenvalue weighted by Crippen LogP contribution is -2.56. The Hall–Kier alpha value is -0.840. The zero-order valence-corrected chi connectivity index (χ0v) is 6.66.